The zero-order chi connectivity index (χ0) is 17.4. The Labute approximate surface area is 156 Å². The molecule has 0 aliphatic rings. The molecule has 126 valence electrons. The number of carbonyl (C=O) groups excluding carboxylic acids is 1. The molecule has 0 saturated heterocycles. The van der Waals surface area contributed by atoms with Crippen LogP contribution in [0.15, 0.2) is 41.3 Å². The van der Waals surface area contributed by atoms with Crippen molar-refractivity contribution in [3.05, 3.63) is 36.4 Å². The van der Waals surface area contributed by atoms with Crippen LogP contribution in [-0.2, 0) is 4.79 Å². The van der Waals surface area contributed by atoms with E-state index in [1.54, 1.807) is 23.1 Å². The molecule has 4 rings (SSSR count). The number of rotatable bonds is 4. The summed E-state index contributed by atoms with van der Waals surface area (Å²) in [6, 6.07) is 12.0. The number of hydrogen-bond donors (Lipinski definition) is 2. The summed E-state index contributed by atoms with van der Waals surface area (Å²) in [4.78, 5) is 21.6. The number of thioether (sulfide) groups is 1. The van der Waals surface area contributed by atoms with Crippen molar-refractivity contribution in [2.45, 2.75) is 11.8 Å². The molecule has 0 unspecified atom stereocenters. The lowest BCUT2D eigenvalue weighted by atomic mass is 10.3. The number of anilines is 3. The summed E-state index contributed by atoms with van der Waals surface area (Å²) in [6.07, 6.45) is 2.07. The molecule has 4 aromatic rings. The van der Waals surface area contributed by atoms with E-state index in [1.807, 2.05) is 24.3 Å². The number of hydrogen-bond acceptors (Lipinski definition) is 7. The Morgan fingerprint density at radius 1 is 1.00 bits per heavy atom. The van der Waals surface area contributed by atoms with Crippen LogP contribution in [0, 0.1) is 0 Å². The number of fused-ring (bicyclic) bond motifs is 2. The van der Waals surface area contributed by atoms with Gasteiger partial charge in [0.2, 0.25) is 5.91 Å². The molecular weight excluding hydrogens is 372 g/mol. The van der Waals surface area contributed by atoms with E-state index in [1.165, 1.54) is 23.2 Å². The fraction of sp³-hybridized carbons (Fsp3) is 0.118. The van der Waals surface area contributed by atoms with Crippen molar-refractivity contribution in [2.75, 3.05) is 16.9 Å². The van der Waals surface area contributed by atoms with Crippen LogP contribution in [0.25, 0.3) is 20.4 Å². The fourth-order valence-corrected chi connectivity index (χ4v) is 4.82. The molecule has 2 heterocycles. The van der Waals surface area contributed by atoms with Crippen molar-refractivity contribution in [1.29, 1.82) is 0 Å². The van der Waals surface area contributed by atoms with Crippen LogP contribution >= 0.6 is 34.4 Å². The van der Waals surface area contributed by atoms with Gasteiger partial charge in [0.15, 0.2) is 10.3 Å². The lowest BCUT2D eigenvalue weighted by Gasteiger charge is -1.99. The lowest BCUT2D eigenvalue weighted by molar-refractivity contribution is -0.114. The van der Waals surface area contributed by atoms with Crippen molar-refractivity contribution < 1.29 is 4.79 Å². The second-order valence-corrected chi connectivity index (χ2v) is 8.30. The maximum Gasteiger partial charge on any atom is 0.221 e. The molecule has 5 nitrogen and oxygen atoms in total. The van der Waals surface area contributed by atoms with E-state index in [-0.39, 0.29) is 5.91 Å². The molecule has 0 aliphatic carbocycles. The maximum absolute atomic E-state index is 11.2. The summed E-state index contributed by atoms with van der Waals surface area (Å²) in [5.74, 6) is -0.0821. The van der Waals surface area contributed by atoms with Gasteiger partial charge < -0.3 is 10.6 Å². The first kappa shape index (κ1) is 16.3. The Morgan fingerprint density at radius 2 is 1.64 bits per heavy atom. The predicted molar refractivity (Wildman–Crippen MR) is 109 cm³/mol. The van der Waals surface area contributed by atoms with Crippen molar-refractivity contribution >= 4 is 76.7 Å². The summed E-state index contributed by atoms with van der Waals surface area (Å²) in [5, 5.41) is 7.71. The molecule has 2 N–H and O–H groups in total. The predicted octanol–water partition coefficient (Wildman–Crippen LogP) is 5.33. The molecule has 0 fully saturated rings. The van der Waals surface area contributed by atoms with Gasteiger partial charge in [0.1, 0.15) is 0 Å². The zero-order valence-electron chi connectivity index (χ0n) is 13.5. The molecule has 1 amide bonds. The number of nitrogens with one attached hydrogen (secondary N) is 2. The van der Waals surface area contributed by atoms with E-state index in [0.29, 0.717) is 0 Å². The fourth-order valence-electron chi connectivity index (χ4n) is 2.44. The topological polar surface area (TPSA) is 66.9 Å². The molecule has 0 aliphatic heterocycles. The summed E-state index contributed by atoms with van der Waals surface area (Å²) in [5.41, 5.74) is 2.66. The highest BCUT2D eigenvalue weighted by molar-refractivity contribution is 7.98. The Morgan fingerprint density at radius 3 is 2.28 bits per heavy atom. The van der Waals surface area contributed by atoms with Crippen LogP contribution in [0.5, 0.6) is 0 Å². The number of thiazole rings is 2. The Kier molecular flexibility index (Phi) is 4.32. The second kappa shape index (κ2) is 6.62. The van der Waals surface area contributed by atoms with E-state index in [9.17, 15) is 4.79 Å². The van der Waals surface area contributed by atoms with Gasteiger partial charge in [-0.2, -0.15) is 0 Å². The van der Waals surface area contributed by atoms with Gasteiger partial charge in [-0.15, -0.1) is 11.8 Å². The average Bonchev–Trinajstić information content (AvgIpc) is 3.15. The summed E-state index contributed by atoms with van der Waals surface area (Å²) >= 11 is 4.88. The van der Waals surface area contributed by atoms with Gasteiger partial charge in [-0.3, -0.25) is 4.79 Å². The smallest absolute Gasteiger partial charge is 0.221 e. The van der Waals surface area contributed by atoms with Crippen LogP contribution in [0.4, 0.5) is 16.0 Å². The SMILES string of the molecule is CSc1ccc2nc(Nc3nc4ccc(NC(C)=O)cc4s3)sc2c1. The van der Waals surface area contributed by atoms with E-state index < -0.39 is 0 Å². The average molecular weight is 387 g/mol. The Balaban J connectivity index is 1.62. The van der Waals surface area contributed by atoms with Gasteiger partial charge in [-0.1, -0.05) is 22.7 Å². The molecule has 8 heteroatoms. The molecule has 2 aromatic carbocycles. The van der Waals surface area contributed by atoms with Crippen LogP contribution in [0.1, 0.15) is 6.92 Å². The number of aromatic nitrogens is 2. The Bertz CT molecular complexity index is 1090. The molecule has 0 radical (unpaired) electrons. The minimum atomic E-state index is -0.0821. The first-order valence-electron chi connectivity index (χ1n) is 7.50. The van der Waals surface area contributed by atoms with Gasteiger partial charge in [-0.05, 0) is 42.7 Å². The monoisotopic (exact) mass is 386 g/mol. The standard InChI is InChI=1S/C17H14N4OS3/c1-9(22)18-10-3-5-12-14(7-10)24-16(19-12)21-17-20-13-6-4-11(23-2)8-15(13)25-17/h3-8H,1-2H3,(H,18,22)(H,19,20,21). The lowest BCUT2D eigenvalue weighted by Crippen LogP contribution is -2.05. The van der Waals surface area contributed by atoms with Crippen molar-refractivity contribution in [2.24, 2.45) is 0 Å². The number of nitrogens with zero attached hydrogens (tertiary/aromatic N) is 2. The highest BCUT2D eigenvalue weighted by Crippen LogP contribution is 2.34. The molecular formula is C17H14N4OS3. The maximum atomic E-state index is 11.2. The second-order valence-electron chi connectivity index (χ2n) is 5.36. The van der Waals surface area contributed by atoms with E-state index in [4.69, 9.17) is 0 Å². The van der Waals surface area contributed by atoms with Gasteiger partial charge in [-0.25, -0.2) is 9.97 Å². The third-order valence-electron chi connectivity index (χ3n) is 3.52. The van der Waals surface area contributed by atoms with Crippen molar-refractivity contribution in [1.82, 2.24) is 9.97 Å². The van der Waals surface area contributed by atoms with Crippen LogP contribution in [0.3, 0.4) is 0 Å². The molecule has 0 bridgehead atoms. The van der Waals surface area contributed by atoms with Crippen LogP contribution < -0.4 is 10.6 Å². The summed E-state index contributed by atoms with van der Waals surface area (Å²) < 4.78 is 2.17. The third-order valence-corrected chi connectivity index (χ3v) is 6.11. The number of carbonyl (C=O) groups is 1. The summed E-state index contributed by atoms with van der Waals surface area (Å²) in [6.45, 7) is 1.50. The molecule has 0 saturated carbocycles. The highest BCUT2D eigenvalue weighted by Gasteiger charge is 2.09. The van der Waals surface area contributed by atoms with Gasteiger partial charge in [0.05, 0.1) is 20.4 Å². The first-order valence-corrected chi connectivity index (χ1v) is 10.4. The quantitative estimate of drug-likeness (QED) is 0.464. The zero-order valence-corrected chi connectivity index (χ0v) is 15.9. The summed E-state index contributed by atoms with van der Waals surface area (Å²) in [7, 11) is 0. The highest BCUT2D eigenvalue weighted by atomic mass is 32.2. The van der Waals surface area contributed by atoms with Crippen molar-refractivity contribution in [3.8, 4) is 0 Å². The molecule has 0 spiro atoms. The number of amides is 1. The van der Waals surface area contributed by atoms with Gasteiger partial charge in [0.25, 0.3) is 0 Å². The van der Waals surface area contributed by atoms with E-state index in [0.717, 1.165) is 36.4 Å². The largest absolute Gasteiger partial charge is 0.326 e. The van der Waals surface area contributed by atoms with E-state index >= 15 is 0 Å². The molecule has 25 heavy (non-hydrogen) atoms. The minimum Gasteiger partial charge on any atom is -0.326 e. The first-order chi connectivity index (χ1) is 12.1. The number of benzene rings is 2. The third kappa shape index (κ3) is 3.46. The van der Waals surface area contributed by atoms with E-state index in [2.05, 4.69) is 39.0 Å². The Hall–Kier alpha value is -2.16. The molecule has 0 atom stereocenters. The van der Waals surface area contributed by atoms with Gasteiger partial charge in [0, 0.05) is 17.5 Å². The van der Waals surface area contributed by atoms with Gasteiger partial charge >= 0.3 is 0 Å². The normalized spacial score (nSPS) is 11.1. The van der Waals surface area contributed by atoms with Crippen LogP contribution in [0.2, 0.25) is 0 Å². The minimum absolute atomic E-state index is 0.0821. The van der Waals surface area contributed by atoms with Crippen LogP contribution in [-0.4, -0.2) is 22.1 Å². The molecule has 2 aromatic heterocycles. The van der Waals surface area contributed by atoms with Crippen molar-refractivity contribution in [3.63, 3.8) is 0 Å².